The summed E-state index contributed by atoms with van der Waals surface area (Å²) >= 11 is 0. The Morgan fingerprint density at radius 2 is 1.89 bits per heavy atom. The number of nitriles is 1. The number of carbonyl (C=O) groups is 1. The van der Waals surface area contributed by atoms with E-state index in [1.54, 1.807) is 13.8 Å². The molecule has 0 aliphatic rings. The van der Waals surface area contributed by atoms with Gasteiger partial charge in [0.25, 0.3) is 5.91 Å². The van der Waals surface area contributed by atoms with E-state index in [4.69, 9.17) is 5.26 Å². The third-order valence-corrected chi connectivity index (χ3v) is 2.57. The Kier molecular flexibility index (Phi) is 4.54. The van der Waals surface area contributed by atoms with Gasteiger partial charge < -0.3 is 5.32 Å². The smallest absolute Gasteiger partial charge is 0.336 e. The highest BCUT2D eigenvalue weighted by molar-refractivity contribution is 5.96. The third-order valence-electron chi connectivity index (χ3n) is 2.57. The number of alkyl halides is 3. The molecule has 0 aromatic heterocycles. The van der Waals surface area contributed by atoms with Crippen LogP contribution in [0.25, 0.3) is 0 Å². The van der Waals surface area contributed by atoms with Crippen molar-refractivity contribution >= 4 is 5.91 Å². The van der Waals surface area contributed by atoms with Gasteiger partial charge in [-0.3, -0.25) is 4.79 Å². The van der Waals surface area contributed by atoms with Gasteiger partial charge in [-0.1, -0.05) is 26.0 Å². The minimum atomic E-state index is -4.60. The average molecular weight is 270 g/mol. The van der Waals surface area contributed by atoms with Crippen LogP contribution < -0.4 is 5.32 Å². The molecule has 1 unspecified atom stereocenters. The number of nitrogens with zero attached hydrogens (tertiary/aromatic N) is 1. The number of halogens is 3. The molecule has 0 spiro atoms. The van der Waals surface area contributed by atoms with Crippen LogP contribution in [0.3, 0.4) is 0 Å². The SMILES string of the molecule is CC(C)C(C#N)NC(=O)c1ccccc1C(F)(F)F. The van der Waals surface area contributed by atoms with Crippen molar-refractivity contribution in [1.29, 1.82) is 5.26 Å². The van der Waals surface area contributed by atoms with E-state index in [1.807, 2.05) is 6.07 Å². The van der Waals surface area contributed by atoms with Gasteiger partial charge in [-0.15, -0.1) is 0 Å². The first-order valence-electron chi connectivity index (χ1n) is 5.64. The van der Waals surface area contributed by atoms with Crippen molar-refractivity contribution < 1.29 is 18.0 Å². The highest BCUT2D eigenvalue weighted by Gasteiger charge is 2.35. The highest BCUT2D eigenvalue weighted by atomic mass is 19.4. The van der Waals surface area contributed by atoms with E-state index in [2.05, 4.69) is 5.32 Å². The summed E-state index contributed by atoms with van der Waals surface area (Å²) in [5.74, 6) is -1.08. The summed E-state index contributed by atoms with van der Waals surface area (Å²) in [5.41, 5.74) is -1.48. The lowest BCUT2D eigenvalue weighted by Crippen LogP contribution is -2.38. The van der Waals surface area contributed by atoms with Gasteiger partial charge in [0.1, 0.15) is 6.04 Å². The highest BCUT2D eigenvalue weighted by Crippen LogP contribution is 2.31. The third kappa shape index (κ3) is 3.71. The largest absolute Gasteiger partial charge is 0.417 e. The predicted octanol–water partition coefficient (Wildman–Crippen LogP) is 2.98. The molecule has 1 aromatic rings. The summed E-state index contributed by atoms with van der Waals surface area (Å²) in [6.45, 7) is 3.40. The zero-order valence-corrected chi connectivity index (χ0v) is 10.5. The van der Waals surface area contributed by atoms with E-state index in [0.29, 0.717) is 0 Å². The maximum absolute atomic E-state index is 12.7. The van der Waals surface area contributed by atoms with Crippen molar-refractivity contribution in [2.24, 2.45) is 5.92 Å². The molecule has 1 amide bonds. The maximum Gasteiger partial charge on any atom is 0.417 e. The molecule has 0 fully saturated rings. The van der Waals surface area contributed by atoms with Crippen LogP contribution in [-0.4, -0.2) is 11.9 Å². The molecule has 0 aliphatic carbocycles. The van der Waals surface area contributed by atoms with Gasteiger partial charge in [0.15, 0.2) is 0 Å². The number of carbonyl (C=O) groups excluding carboxylic acids is 1. The molecule has 0 aliphatic heterocycles. The van der Waals surface area contributed by atoms with Gasteiger partial charge in [-0.25, -0.2) is 0 Å². The summed E-state index contributed by atoms with van der Waals surface area (Å²) in [6, 6.07) is 5.51. The molecule has 0 saturated heterocycles. The molecular weight excluding hydrogens is 257 g/mol. The molecular formula is C13H13F3N2O. The molecule has 0 saturated carbocycles. The number of amides is 1. The van der Waals surface area contributed by atoms with E-state index in [1.165, 1.54) is 12.1 Å². The summed E-state index contributed by atoms with van der Waals surface area (Å²) < 4.78 is 38.2. The van der Waals surface area contributed by atoms with E-state index in [-0.39, 0.29) is 5.92 Å². The van der Waals surface area contributed by atoms with Gasteiger partial charge in [0.05, 0.1) is 17.2 Å². The van der Waals surface area contributed by atoms with Crippen LogP contribution in [0, 0.1) is 17.2 Å². The second-order valence-corrected chi connectivity index (χ2v) is 4.37. The zero-order chi connectivity index (χ0) is 14.6. The topological polar surface area (TPSA) is 52.9 Å². The lowest BCUT2D eigenvalue weighted by atomic mass is 10.0. The molecule has 1 atom stereocenters. The molecule has 3 nitrogen and oxygen atoms in total. The van der Waals surface area contributed by atoms with Crippen LogP contribution in [0.15, 0.2) is 24.3 Å². The second kappa shape index (κ2) is 5.74. The van der Waals surface area contributed by atoms with Gasteiger partial charge in [-0.2, -0.15) is 18.4 Å². The second-order valence-electron chi connectivity index (χ2n) is 4.37. The number of hydrogen-bond donors (Lipinski definition) is 1. The standard InChI is InChI=1S/C13H13F3N2O/c1-8(2)11(7-17)18-12(19)9-5-3-4-6-10(9)13(14,15)16/h3-6,8,11H,1-2H3,(H,18,19). The Morgan fingerprint density at radius 3 is 2.37 bits per heavy atom. The number of hydrogen-bond acceptors (Lipinski definition) is 2. The summed E-state index contributed by atoms with van der Waals surface area (Å²) in [7, 11) is 0. The predicted molar refractivity (Wildman–Crippen MR) is 63.1 cm³/mol. The first-order valence-corrected chi connectivity index (χ1v) is 5.64. The van der Waals surface area contributed by atoms with E-state index >= 15 is 0 Å². The minimum absolute atomic E-state index is 0.188. The van der Waals surface area contributed by atoms with Crippen LogP contribution >= 0.6 is 0 Å². The van der Waals surface area contributed by atoms with Gasteiger partial charge in [0, 0.05) is 0 Å². The number of nitrogens with one attached hydrogen (secondary N) is 1. The maximum atomic E-state index is 12.7. The van der Waals surface area contributed by atoms with Crippen molar-refractivity contribution in [3.63, 3.8) is 0 Å². The van der Waals surface area contributed by atoms with Gasteiger partial charge in [0.2, 0.25) is 0 Å². The van der Waals surface area contributed by atoms with Crippen LogP contribution in [-0.2, 0) is 6.18 Å². The molecule has 1 N–H and O–H groups in total. The molecule has 1 aromatic carbocycles. The fourth-order valence-corrected chi connectivity index (χ4v) is 1.50. The summed E-state index contributed by atoms with van der Waals surface area (Å²) in [5, 5.41) is 11.1. The van der Waals surface area contributed by atoms with E-state index in [9.17, 15) is 18.0 Å². The Bertz CT molecular complexity index is 503. The zero-order valence-electron chi connectivity index (χ0n) is 10.5. The average Bonchev–Trinajstić information content (AvgIpc) is 2.34. The van der Waals surface area contributed by atoms with Crippen LogP contribution in [0.1, 0.15) is 29.8 Å². The molecule has 0 bridgehead atoms. The molecule has 0 heterocycles. The van der Waals surface area contributed by atoms with Crippen molar-refractivity contribution in [2.75, 3.05) is 0 Å². The molecule has 19 heavy (non-hydrogen) atoms. The fraction of sp³-hybridized carbons (Fsp3) is 0.385. The molecule has 102 valence electrons. The van der Waals surface area contributed by atoms with E-state index < -0.39 is 29.3 Å². The van der Waals surface area contributed by atoms with Crippen molar-refractivity contribution in [2.45, 2.75) is 26.1 Å². The Balaban J connectivity index is 3.05. The first kappa shape index (κ1) is 15.0. The Morgan fingerprint density at radius 1 is 1.32 bits per heavy atom. The lowest BCUT2D eigenvalue weighted by Gasteiger charge is -2.17. The van der Waals surface area contributed by atoms with Crippen LogP contribution in [0.5, 0.6) is 0 Å². The fourth-order valence-electron chi connectivity index (χ4n) is 1.50. The van der Waals surface area contributed by atoms with Crippen LogP contribution in [0.2, 0.25) is 0 Å². The van der Waals surface area contributed by atoms with Crippen molar-refractivity contribution in [3.05, 3.63) is 35.4 Å². The van der Waals surface area contributed by atoms with E-state index in [0.717, 1.165) is 12.1 Å². The number of rotatable bonds is 3. The molecule has 0 radical (unpaired) electrons. The van der Waals surface area contributed by atoms with Crippen molar-refractivity contribution in [3.8, 4) is 6.07 Å². The number of benzene rings is 1. The Labute approximate surface area is 109 Å². The summed E-state index contributed by atoms with van der Waals surface area (Å²) in [6.07, 6.45) is -4.60. The quantitative estimate of drug-likeness (QED) is 0.918. The summed E-state index contributed by atoms with van der Waals surface area (Å²) in [4.78, 5) is 11.8. The minimum Gasteiger partial charge on any atom is -0.336 e. The van der Waals surface area contributed by atoms with Crippen molar-refractivity contribution in [1.82, 2.24) is 5.32 Å². The lowest BCUT2D eigenvalue weighted by molar-refractivity contribution is -0.137. The molecule has 1 rings (SSSR count). The van der Waals surface area contributed by atoms with Gasteiger partial charge >= 0.3 is 6.18 Å². The molecule has 6 heteroatoms. The monoisotopic (exact) mass is 270 g/mol. The first-order chi connectivity index (χ1) is 8.77. The normalized spacial score (nSPS) is 12.9. The van der Waals surface area contributed by atoms with Crippen LogP contribution in [0.4, 0.5) is 13.2 Å². The van der Waals surface area contributed by atoms with Gasteiger partial charge in [-0.05, 0) is 18.1 Å². The Hall–Kier alpha value is -2.03.